The van der Waals surface area contributed by atoms with Gasteiger partial charge in [-0.3, -0.25) is 4.98 Å². The van der Waals surface area contributed by atoms with Crippen LogP contribution in [0.5, 0.6) is 5.75 Å². The molecule has 0 aliphatic carbocycles. The number of pyridine rings is 1. The minimum absolute atomic E-state index is 0. The van der Waals surface area contributed by atoms with Gasteiger partial charge in [0.2, 0.25) is 0 Å². The van der Waals surface area contributed by atoms with Crippen molar-refractivity contribution in [1.82, 2.24) is 35.0 Å². The van der Waals surface area contributed by atoms with Crippen molar-refractivity contribution in [1.29, 1.82) is 0 Å². The van der Waals surface area contributed by atoms with E-state index in [0.29, 0.717) is 5.52 Å². The number of para-hydroxylation sites is 1. The van der Waals surface area contributed by atoms with Crippen LogP contribution in [0, 0.1) is 12.1 Å². The summed E-state index contributed by atoms with van der Waals surface area (Å²) in [7, 11) is 0. The van der Waals surface area contributed by atoms with Crippen molar-refractivity contribution >= 4 is 54.5 Å². The van der Waals surface area contributed by atoms with Gasteiger partial charge in [0.1, 0.15) is 33.3 Å². The first-order valence-corrected chi connectivity index (χ1v) is 15.7. The van der Waals surface area contributed by atoms with Crippen molar-refractivity contribution in [2.45, 2.75) is 0 Å². The standard InChI is InChI=1S/2C16H10N3.C9H7NO.Ir/c2*1-2-8-13-12(6-1)7-5-11-16(13)19-17-14-9-3-4-10-15(14)18-19;11-8-5-1-3-7-4-2-6-10-9(7)8;/h2*1-10H;1-6,11H;/q2*-1;;. The third-order valence-electron chi connectivity index (χ3n) is 7.98. The average Bonchev–Trinajstić information content (AvgIpc) is 3.80. The van der Waals surface area contributed by atoms with Crippen LogP contribution in [0.25, 0.3) is 65.9 Å². The zero-order chi connectivity index (χ0) is 33.0. The van der Waals surface area contributed by atoms with E-state index in [1.165, 1.54) is 0 Å². The molecule has 0 fully saturated rings. The first-order valence-electron chi connectivity index (χ1n) is 15.7. The van der Waals surface area contributed by atoms with Crippen molar-refractivity contribution in [3.63, 3.8) is 0 Å². The van der Waals surface area contributed by atoms with Crippen LogP contribution < -0.4 is 0 Å². The number of aromatic hydroxyl groups is 1. The van der Waals surface area contributed by atoms with Crippen molar-refractivity contribution in [2.24, 2.45) is 0 Å². The minimum atomic E-state index is 0. The largest absolute Gasteiger partial charge is 0.506 e. The first kappa shape index (κ1) is 32.3. The number of hydrogen-bond donors (Lipinski definition) is 1. The molecule has 0 atom stereocenters. The van der Waals surface area contributed by atoms with Crippen molar-refractivity contribution in [2.75, 3.05) is 0 Å². The molecule has 10 rings (SSSR count). The van der Waals surface area contributed by atoms with Gasteiger partial charge in [0.25, 0.3) is 0 Å². The summed E-state index contributed by atoms with van der Waals surface area (Å²) in [5.74, 6) is 0.239. The maximum atomic E-state index is 9.31. The van der Waals surface area contributed by atoms with Gasteiger partial charge in [0.05, 0.1) is 0 Å². The Morgan fingerprint density at radius 2 is 0.860 bits per heavy atom. The monoisotopic (exact) mass is 826 g/mol. The molecule has 0 saturated heterocycles. The Morgan fingerprint density at radius 3 is 1.34 bits per heavy atom. The van der Waals surface area contributed by atoms with Crippen molar-refractivity contribution in [3.8, 4) is 17.1 Å². The van der Waals surface area contributed by atoms with E-state index < -0.39 is 0 Å². The molecule has 0 saturated carbocycles. The van der Waals surface area contributed by atoms with Crippen LogP contribution in [0.1, 0.15) is 0 Å². The third-order valence-corrected chi connectivity index (χ3v) is 7.98. The van der Waals surface area contributed by atoms with E-state index in [1.807, 2.05) is 115 Å². The summed E-state index contributed by atoms with van der Waals surface area (Å²) < 4.78 is 0. The number of fused-ring (bicyclic) bond motifs is 5. The molecule has 0 amide bonds. The van der Waals surface area contributed by atoms with E-state index in [-0.39, 0.29) is 25.9 Å². The van der Waals surface area contributed by atoms with Gasteiger partial charge in [-0.15, -0.1) is 33.7 Å². The molecule has 1 radical (unpaired) electrons. The van der Waals surface area contributed by atoms with Crippen LogP contribution in [-0.2, 0) is 20.1 Å². The number of rotatable bonds is 2. The Bertz CT molecular complexity index is 2490. The second-order valence-electron chi connectivity index (χ2n) is 11.1. The average molecular weight is 826 g/mol. The van der Waals surface area contributed by atoms with Crippen molar-refractivity contribution < 1.29 is 25.2 Å². The summed E-state index contributed by atoms with van der Waals surface area (Å²) in [6, 6.07) is 55.6. The van der Waals surface area contributed by atoms with Gasteiger partial charge in [-0.05, 0) is 47.8 Å². The Balaban J connectivity index is 0.000000121. The molecule has 7 aromatic carbocycles. The van der Waals surface area contributed by atoms with Crippen LogP contribution in [0.3, 0.4) is 0 Å². The number of phenols is 1. The normalized spacial score (nSPS) is 10.7. The van der Waals surface area contributed by atoms with Crippen molar-refractivity contribution in [3.05, 3.63) is 170 Å². The maximum Gasteiger partial charge on any atom is 0.141 e. The van der Waals surface area contributed by atoms with Crippen LogP contribution in [0.15, 0.2) is 158 Å². The van der Waals surface area contributed by atoms with E-state index >= 15 is 0 Å². The zero-order valence-corrected chi connectivity index (χ0v) is 28.8. The third kappa shape index (κ3) is 6.56. The Kier molecular flexibility index (Phi) is 9.33. The summed E-state index contributed by atoms with van der Waals surface area (Å²) >= 11 is 0. The van der Waals surface area contributed by atoms with E-state index in [0.717, 1.165) is 60.4 Å². The predicted octanol–water partition coefficient (Wildman–Crippen LogP) is 8.69. The molecule has 0 unspecified atom stereocenters. The van der Waals surface area contributed by atoms with Gasteiger partial charge in [-0.25, -0.2) is 0 Å². The molecule has 8 nitrogen and oxygen atoms in total. The topological polar surface area (TPSA) is 94.5 Å². The van der Waals surface area contributed by atoms with Gasteiger partial charge in [-0.2, -0.15) is 66.4 Å². The fourth-order valence-electron chi connectivity index (χ4n) is 5.63. The zero-order valence-electron chi connectivity index (χ0n) is 26.4. The van der Waals surface area contributed by atoms with Crippen LogP contribution in [0.4, 0.5) is 0 Å². The molecule has 3 aromatic heterocycles. The maximum absolute atomic E-state index is 9.31. The second kappa shape index (κ2) is 14.5. The van der Waals surface area contributed by atoms with Gasteiger partial charge < -0.3 is 5.11 Å². The molecule has 243 valence electrons. The van der Waals surface area contributed by atoms with Crippen LogP contribution >= 0.6 is 0 Å². The van der Waals surface area contributed by atoms with Gasteiger partial charge in [0.15, 0.2) is 0 Å². The summed E-state index contributed by atoms with van der Waals surface area (Å²) in [5, 5.41) is 32.8. The number of nitrogens with zero attached hydrogens (tertiary/aromatic N) is 7. The van der Waals surface area contributed by atoms with E-state index in [9.17, 15) is 5.11 Å². The fourth-order valence-corrected chi connectivity index (χ4v) is 5.63. The van der Waals surface area contributed by atoms with E-state index in [1.54, 1.807) is 27.9 Å². The summed E-state index contributed by atoms with van der Waals surface area (Å²) in [6.45, 7) is 0. The number of aromatic nitrogens is 7. The molecule has 9 heteroatoms. The molecular formula is C41H27IrN7O-2. The molecule has 50 heavy (non-hydrogen) atoms. The quantitative estimate of drug-likeness (QED) is 0.176. The Labute approximate surface area is 300 Å². The predicted molar refractivity (Wildman–Crippen MR) is 194 cm³/mol. The number of benzene rings is 7. The summed E-state index contributed by atoms with van der Waals surface area (Å²) in [5.41, 5.74) is 6.00. The van der Waals surface area contributed by atoms with E-state index in [2.05, 4.69) is 61.8 Å². The van der Waals surface area contributed by atoms with E-state index in [4.69, 9.17) is 0 Å². The molecule has 1 N–H and O–H groups in total. The number of phenolic OH excluding ortho intramolecular Hbond substituents is 1. The molecular weight excluding hydrogens is 799 g/mol. The minimum Gasteiger partial charge on any atom is -0.506 e. The van der Waals surface area contributed by atoms with Gasteiger partial charge in [-0.1, -0.05) is 78.9 Å². The molecule has 0 aliphatic heterocycles. The Hall–Kier alpha value is -6.28. The molecule has 10 aromatic rings. The van der Waals surface area contributed by atoms with Crippen LogP contribution in [0.2, 0.25) is 0 Å². The van der Waals surface area contributed by atoms with Gasteiger partial charge >= 0.3 is 0 Å². The molecule has 0 spiro atoms. The second-order valence-corrected chi connectivity index (χ2v) is 11.1. The Morgan fingerprint density at radius 1 is 0.440 bits per heavy atom. The summed E-state index contributed by atoms with van der Waals surface area (Å²) in [6.07, 6.45) is 1.67. The summed E-state index contributed by atoms with van der Waals surface area (Å²) in [4.78, 5) is 7.35. The van der Waals surface area contributed by atoms with Gasteiger partial charge in [0, 0.05) is 31.7 Å². The molecule has 0 bridgehead atoms. The SMILES string of the molecule is Oc1cccc2cccnc12.[Ir].[c-]1ccc2ccccc2c1-n1nc2ccccc2n1.[c-]1ccc2ccccc2c1-n1nc2ccccc2n1. The smallest absolute Gasteiger partial charge is 0.141 e. The molecule has 0 aliphatic rings. The first-order chi connectivity index (χ1) is 24.2. The molecule has 3 heterocycles. The van der Waals surface area contributed by atoms with Crippen LogP contribution in [-0.4, -0.2) is 40.1 Å². The number of hydrogen-bond acceptors (Lipinski definition) is 6. The fraction of sp³-hybridized carbons (Fsp3) is 0.